The van der Waals surface area contributed by atoms with Gasteiger partial charge < -0.3 is 14.4 Å². The second-order valence-electron chi connectivity index (χ2n) is 6.96. The van der Waals surface area contributed by atoms with Crippen LogP contribution in [0.1, 0.15) is 12.0 Å². The number of carbonyl (C=O) groups excluding carboxylic acids is 1. The van der Waals surface area contributed by atoms with Crippen LogP contribution in [0.2, 0.25) is 5.02 Å². The average molecular weight is 387 g/mol. The molecular formula is C21H23ClN2O3. The first-order valence-corrected chi connectivity index (χ1v) is 9.58. The SMILES string of the molecule is COCCN1C(=O)[C@@H]2C[C@@H](CN2Cc2ccccc2Cl)Oc2ccccc21. The quantitative estimate of drug-likeness (QED) is 0.790. The molecule has 2 bridgehead atoms. The number of carbonyl (C=O) groups is 1. The minimum absolute atomic E-state index is 0.00726. The number of nitrogens with zero attached hydrogens (tertiary/aromatic N) is 2. The lowest BCUT2D eigenvalue weighted by Crippen LogP contribution is -2.47. The number of benzene rings is 2. The van der Waals surface area contributed by atoms with Crippen molar-refractivity contribution >= 4 is 23.2 Å². The van der Waals surface area contributed by atoms with E-state index in [4.69, 9.17) is 21.1 Å². The van der Waals surface area contributed by atoms with Gasteiger partial charge in [-0.3, -0.25) is 9.69 Å². The van der Waals surface area contributed by atoms with Crippen molar-refractivity contribution in [3.05, 3.63) is 59.1 Å². The van der Waals surface area contributed by atoms with E-state index in [9.17, 15) is 4.79 Å². The number of amides is 1. The summed E-state index contributed by atoms with van der Waals surface area (Å²) in [5.74, 6) is 0.849. The van der Waals surface area contributed by atoms with Crippen LogP contribution < -0.4 is 9.64 Å². The van der Waals surface area contributed by atoms with Gasteiger partial charge in [0.15, 0.2) is 0 Å². The van der Waals surface area contributed by atoms with Crippen LogP contribution in [0.25, 0.3) is 0 Å². The number of fused-ring (bicyclic) bond motifs is 3. The predicted octanol–water partition coefficient (Wildman–Crippen LogP) is 3.35. The van der Waals surface area contributed by atoms with Crippen LogP contribution in [0.4, 0.5) is 5.69 Å². The molecule has 5 nitrogen and oxygen atoms in total. The maximum absolute atomic E-state index is 13.5. The van der Waals surface area contributed by atoms with Crippen LogP contribution in [0.5, 0.6) is 5.75 Å². The molecule has 0 aliphatic carbocycles. The van der Waals surface area contributed by atoms with Crippen molar-refractivity contribution in [2.75, 3.05) is 31.7 Å². The van der Waals surface area contributed by atoms with E-state index >= 15 is 0 Å². The van der Waals surface area contributed by atoms with Gasteiger partial charge in [-0.15, -0.1) is 0 Å². The monoisotopic (exact) mass is 386 g/mol. The summed E-state index contributed by atoms with van der Waals surface area (Å²) in [4.78, 5) is 17.4. The van der Waals surface area contributed by atoms with Crippen LogP contribution in [-0.2, 0) is 16.1 Å². The molecule has 142 valence electrons. The Morgan fingerprint density at radius 3 is 2.78 bits per heavy atom. The molecule has 2 aromatic carbocycles. The van der Waals surface area contributed by atoms with Gasteiger partial charge in [0.25, 0.3) is 0 Å². The Labute approximate surface area is 164 Å². The van der Waals surface area contributed by atoms with E-state index in [0.29, 0.717) is 32.7 Å². The Morgan fingerprint density at radius 1 is 1.19 bits per heavy atom. The lowest BCUT2D eigenvalue weighted by Gasteiger charge is -2.31. The molecular weight excluding hydrogens is 364 g/mol. The molecule has 0 N–H and O–H groups in total. The van der Waals surface area contributed by atoms with Crippen molar-refractivity contribution < 1.29 is 14.3 Å². The zero-order chi connectivity index (χ0) is 18.8. The van der Waals surface area contributed by atoms with Gasteiger partial charge in [0.05, 0.1) is 18.3 Å². The molecule has 0 saturated carbocycles. The fourth-order valence-corrected chi connectivity index (χ4v) is 4.09. The van der Waals surface area contributed by atoms with E-state index in [2.05, 4.69) is 4.90 Å². The Hall–Kier alpha value is -2.08. The first kappa shape index (κ1) is 18.3. The third-order valence-electron chi connectivity index (χ3n) is 5.22. The summed E-state index contributed by atoms with van der Waals surface area (Å²) < 4.78 is 11.5. The van der Waals surface area contributed by atoms with Gasteiger partial charge in [-0.25, -0.2) is 0 Å². The van der Waals surface area contributed by atoms with Crippen LogP contribution in [0, 0.1) is 0 Å². The number of ether oxygens (including phenoxy) is 2. The Bertz CT molecular complexity index is 829. The molecule has 2 aromatic rings. The van der Waals surface area contributed by atoms with E-state index in [1.54, 1.807) is 12.0 Å². The fraction of sp³-hybridized carbons (Fsp3) is 0.381. The van der Waals surface area contributed by atoms with Crippen LogP contribution in [0.3, 0.4) is 0 Å². The molecule has 6 heteroatoms. The third kappa shape index (κ3) is 3.68. The van der Waals surface area contributed by atoms with Crippen molar-refractivity contribution in [3.63, 3.8) is 0 Å². The smallest absolute Gasteiger partial charge is 0.244 e. The fourth-order valence-electron chi connectivity index (χ4n) is 3.90. The van der Waals surface area contributed by atoms with Gasteiger partial charge in [0.2, 0.25) is 5.91 Å². The zero-order valence-electron chi connectivity index (χ0n) is 15.3. The van der Waals surface area contributed by atoms with Crippen molar-refractivity contribution in [1.82, 2.24) is 4.90 Å². The lowest BCUT2D eigenvalue weighted by molar-refractivity contribution is -0.123. The first-order chi connectivity index (χ1) is 13.2. The molecule has 0 spiro atoms. The van der Waals surface area contributed by atoms with Crippen molar-refractivity contribution in [2.45, 2.75) is 25.1 Å². The second kappa shape index (κ2) is 7.89. The maximum Gasteiger partial charge on any atom is 0.244 e. The molecule has 1 saturated heterocycles. The van der Waals surface area contributed by atoms with E-state index < -0.39 is 0 Å². The highest BCUT2D eigenvalue weighted by atomic mass is 35.5. The van der Waals surface area contributed by atoms with Gasteiger partial charge in [-0.05, 0) is 23.8 Å². The van der Waals surface area contributed by atoms with Crippen molar-refractivity contribution in [3.8, 4) is 5.75 Å². The van der Waals surface area contributed by atoms with Crippen molar-refractivity contribution in [2.24, 2.45) is 0 Å². The average Bonchev–Trinajstić information content (AvgIpc) is 3.07. The van der Waals surface area contributed by atoms with Gasteiger partial charge in [0, 0.05) is 38.2 Å². The molecule has 2 heterocycles. The number of rotatable bonds is 5. The Morgan fingerprint density at radius 2 is 1.96 bits per heavy atom. The van der Waals surface area contributed by atoms with E-state index in [1.165, 1.54) is 0 Å². The van der Waals surface area contributed by atoms with E-state index in [1.807, 2.05) is 48.5 Å². The van der Waals surface area contributed by atoms with Gasteiger partial charge in [0.1, 0.15) is 11.9 Å². The first-order valence-electron chi connectivity index (χ1n) is 9.21. The highest BCUT2D eigenvalue weighted by Crippen LogP contribution is 2.36. The number of hydrogen-bond acceptors (Lipinski definition) is 4. The van der Waals surface area contributed by atoms with Crippen molar-refractivity contribution in [1.29, 1.82) is 0 Å². The number of likely N-dealkylation sites (tertiary alicyclic amines) is 1. The maximum atomic E-state index is 13.5. The normalized spacial score (nSPS) is 22.1. The topological polar surface area (TPSA) is 42.0 Å². The lowest BCUT2D eigenvalue weighted by atomic mass is 10.1. The van der Waals surface area contributed by atoms with Gasteiger partial charge >= 0.3 is 0 Å². The minimum atomic E-state index is -0.225. The molecule has 4 rings (SSSR count). The number of hydrogen-bond donors (Lipinski definition) is 0. The van der Waals surface area contributed by atoms with Crippen LogP contribution >= 0.6 is 11.6 Å². The molecule has 2 atom stereocenters. The Balaban J connectivity index is 1.65. The summed E-state index contributed by atoms with van der Waals surface area (Å²) in [6.45, 7) is 2.30. The van der Waals surface area contributed by atoms with Gasteiger partial charge in [-0.2, -0.15) is 0 Å². The molecule has 1 amide bonds. The summed E-state index contributed by atoms with van der Waals surface area (Å²) in [5, 5.41) is 0.725. The van der Waals surface area contributed by atoms with E-state index in [-0.39, 0.29) is 18.1 Å². The number of methoxy groups -OCH3 is 1. The molecule has 0 unspecified atom stereocenters. The molecule has 2 aliphatic rings. The predicted molar refractivity (Wildman–Crippen MR) is 105 cm³/mol. The Kier molecular flexibility index (Phi) is 5.34. The molecule has 0 radical (unpaired) electrons. The molecule has 0 aromatic heterocycles. The summed E-state index contributed by atoms with van der Waals surface area (Å²) >= 11 is 6.35. The highest BCUT2D eigenvalue weighted by molar-refractivity contribution is 6.31. The summed E-state index contributed by atoms with van der Waals surface area (Å²) in [5.41, 5.74) is 1.84. The number of anilines is 1. The van der Waals surface area contributed by atoms with Crippen LogP contribution in [0.15, 0.2) is 48.5 Å². The highest BCUT2D eigenvalue weighted by Gasteiger charge is 2.42. The summed E-state index contributed by atoms with van der Waals surface area (Å²) in [7, 11) is 1.65. The van der Waals surface area contributed by atoms with Gasteiger partial charge in [-0.1, -0.05) is 41.9 Å². The molecule has 27 heavy (non-hydrogen) atoms. The minimum Gasteiger partial charge on any atom is -0.487 e. The second-order valence-corrected chi connectivity index (χ2v) is 7.37. The zero-order valence-corrected chi connectivity index (χ0v) is 16.1. The molecule has 1 fully saturated rings. The van der Waals surface area contributed by atoms with E-state index in [0.717, 1.165) is 22.0 Å². The standard InChI is InChI=1S/C21H23ClN2O3/c1-26-11-10-24-18-8-4-5-9-20(18)27-16-12-19(21(24)25)23(14-16)13-15-6-2-3-7-17(15)22/h2-9,16,19H,10-14H2,1H3/t16-,19-/m0/s1. The molecule has 2 aliphatic heterocycles. The largest absolute Gasteiger partial charge is 0.487 e. The number of halogens is 1. The summed E-state index contributed by atoms with van der Waals surface area (Å²) in [6.07, 6.45) is 0.674. The van der Waals surface area contributed by atoms with Crippen LogP contribution in [-0.4, -0.2) is 49.8 Å². The summed E-state index contributed by atoms with van der Waals surface area (Å²) in [6, 6.07) is 15.3. The third-order valence-corrected chi connectivity index (χ3v) is 5.58. The number of para-hydroxylation sites is 2.